The Morgan fingerprint density at radius 3 is 2.63 bits per heavy atom. The summed E-state index contributed by atoms with van der Waals surface area (Å²) in [6.07, 6.45) is 1.17. The monoisotopic (exact) mass is 527 g/mol. The molecule has 38 heavy (non-hydrogen) atoms. The van der Waals surface area contributed by atoms with Gasteiger partial charge in [0, 0.05) is 37.9 Å². The molecule has 2 aliphatic rings. The van der Waals surface area contributed by atoms with Gasteiger partial charge in [0.15, 0.2) is 5.82 Å². The number of morpholine rings is 1. The van der Waals surface area contributed by atoms with Gasteiger partial charge in [0.25, 0.3) is 0 Å². The molecule has 0 aliphatic carbocycles. The van der Waals surface area contributed by atoms with Gasteiger partial charge in [-0.1, -0.05) is 0 Å². The molecule has 0 radical (unpaired) electrons. The minimum Gasteiger partial charge on any atom is -0.463 e. The molecule has 1 aromatic carbocycles. The number of hydrogen-bond acceptors (Lipinski definition) is 9. The van der Waals surface area contributed by atoms with Crippen LogP contribution in [0.1, 0.15) is 25.5 Å². The van der Waals surface area contributed by atoms with Crippen LogP contribution in [0.4, 0.5) is 4.39 Å². The molecule has 11 nitrogen and oxygen atoms in total. The number of aromatic amines is 1. The van der Waals surface area contributed by atoms with Crippen LogP contribution in [0, 0.1) is 11.2 Å². The van der Waals surface area contributed by atoms with Crippen LogP contribution in [-0.2, 0) is 19.0 Å². The number of ether oxygens (including phenoxy) is 4. The van der Waals surface area contributed by atoms with Crippen LogP contribution in [0.2, 0.25) is 0 Å². The number of benzene rings is 1. The molecule has 2 aromatic heterocycles. The minimum absolute atomic E-state index is 0.00318. The molecule has 0 saturated carbocycles. The van der Waals surface area contributed by atoms with Crippen molar-refractivity contribution in [1.29, 1.82) is 0 Å². The summed E-state index contributed by atoms with van der Waals surface area (Å²) in [5.74, 6) is -0.00140. The number of aliphatic hydroxyl groups is 1. The van der Waals surface area contributed by atoms with Crippen LogP contribution in [0.5, 0.6) is 6.01 Å². The van der Waals surface area contributed by atoms with Gasteiger partial charge in [0.1, 0.15) is 5.82 Å². The Morgan fingerprint density at radius 2 is 1.92 bits per heavy atom. The first kappa shape index (κ1) is 26.2. The number of hydrogen-bond donors (Lipinski definition) is 2. The molecular formula is C26H30FN5O6. The minimum atomic E-state index is -0.837. The second kappa shape index (κ2) is 11.5. The Balaban J connectivity index is 1.39. The predicted octanol–water partition coefficient (Wildman–Crippen LogP) is 2.34. The van der Waals surface area contributed by atoms with Gasteiger partial charge in [0.05, 0.1) is 55.5 Å². The van der Waals surface area contributed by atoms with E-state index in [-0.39, 0.29) is 44.2 Å². The molecule has 4 heterocycles. The quantitative estimate of drug-likeness (QED) is 0.424. The van der Waals surface area contributed by atoms with Gasteiger partial charge in [-0.05, 0) is 37.3 Å². The van der Waals surface area contributed by atoms with Gasteiger partial charge in [-0.3, -0.25) is 4.79 Å². The lowest BCUT2D eigenvalue weighted by molar-refractivity contribution is -0.235. The van der Waals surface area contributed by atoms with E-state index in [4.69, 9.17) is 29.0 Å². The molecule has 2 saturated heterocycles. The number of H-pyrrole nitrogens is 1. The normalized spacial score (nSPS) is 21.9. The van der Waals surface area contributed by atoms with E-state index < -0.39 is 11.7 Å². The molecule has 5 rings (SSSR count). The van der Waals surface area contributed by atoms with Crippen molar-refractivity contribution in [1.82, 2.24) is 24.8 Å². The molecule has 0 spiro atoms. The predicted molar refractivity (Wildman–Crippen MR) is 132 cm³/mol. The van der Waals surface area contributed by atoms with E-state index in [2.05, 4.69) is 15.0 Å². The molecule has 3 aromatic rings. The van der Waals surface area contributed by atoms with Crippen molar-refractivity contribution in [2.24, 2.45) is 5.41 Å². The van der Waals surface area contributed by atoms with E-state index in [1.54, 1.807) is 29.3 Å². The zero-order valence-corrected chi connectivity index (χ0v) is 21.1. The summed E-state index contributed by atoms with van der Waals surface area (Å²) in [6, 6.07) is 7.81. The van der Waals surface area contributed by atoms with Gasteiger partial charge < -0.3 is 33.9 Å². The number of nitrogens with one attached hydrogen (secondary N) is 1. The van der Waals surface area contributed by atoms with E-state index in [0.29, 0.717) is 61.2 Å². The molecule has 0 bridgehead atoms. The van der Waals surface area contributed by atoms with Gasteiger partial charge in [0.2, 0.25) is 12.2 Å². The lowest BCUT2D eigenvalue weighted by Crippen LogP contribution is -2.53. The highest BCUT2D eigenvalue weighted by molar-refractivity contribution is 5.83. The maximum absolute atomic E-state index is 13.6. The molecule has 2 fully saturated rings. The maximum atomic E-state index is 13.6. The first-order valence-corrected chi connectivity index (χ1v) is 12.5. The van der Waals surface area contributed by atoms with Crippen molar-refractivity contribution >= 4 is 5.91 Å². The SMILES string of the molecule is CC1(C(=O)N2CCOCC2)COC(c2nc(-c3ccc(F)cc3)c(-c3ccnc(OCCCO)n3)[nH]2)OC1. The molecule has 12 heteroatoms. The standard InChI is InChI=1S/C26H30FN5O6/c1-26(24(34)32-9-13-35-14-10-32)15-37-23(38-16-26)22-30-20(17-3-5-18(27)6-4-17)21(31-22)19-7-8-28-25(29-19)36-12-2-11-33/h3-8,23,33H,2,9-16H2,1H3,(H,30,31). The highest BCUT2D eigenvalue weighted by Gasteiger charge is 2.43. The summed E-state index contributed by atoms with van der Waals surface area (Å²) in [4.78, 5) is 31.5. The molecule has 1 amide bonds. The van der Waals surface area contributed by atoms with Crippen LogP contribution >= 0.6 is 0 Å². The summed E-state index contributed by atoms with van der Waals surface area (Å²) in [6.45, 7) is 4.54. The number of carbonyl (C=O) groups excluding carboxylic acids is 1. The van der Waals surface area contributed by atoms with Crippen molar-refractivity contribution in [2.45, 2.75) is 19.6 Å². The largest absolute Gasteiger partial charge is 0.463 e. The number of amides is 1. The molecule has 0 atom stereocenters. The third-order valence-electron chi connectivity index (χ3n) is 6.41. The van der Waals surface area contributed by atoms with Crippen molar-refractivity contribution in [3.8, 4) is 28.7 Å². The Labute approximate surface area is 218 Å². The second-order valence-corrected chi connectivity index (χ2v) is 9.42. The number of carbonyl (C=O) groups is 1. The summed E-state index contributed by atoms with van der Waals surface area (Å²) in [5, 5.41) is 9.00. The molecule has 2 aliphatic heterocycles. The fraction of sp³-hybridized carbons (Fsp3) is 0.462. The Bertz CT molecular complexity index is 1240. The Hall–Kier alpha value is -3.45. The van der Waals surface area contributed by atoms with Crippen LogP contribution < -0.4 is 4.74 Å². The van der Waals surface area contributed by atoms with Crippen LogP contribution in [0.3, 0.4) is 0 Å². The van der Waals surface area contributed by atoms with E-state index in [1.165, 1.54) is 12.1 Å². The summed E-state index contributed by atoms with van der Waals surface area (Å²) in [5.41, 5.74) is 1.40. The number of aromatic nitrogens is 4. The Morgan fingerprint density at radius 1 is 1.18 bits per heavy atom. The zero-order chi connectivity index (χ0) is 26.5. The average Bonchev–Trinajstić information content (AvgIpc) is 3.40. The topological polar surface area (TPSA) is 132 Å². The highest BCUT2D eigenvalue weighted by Crippen LogP contribution is 2.36. The smallest absolute Gasteiger partial charge is 0.316 e. The van der Waals surface area contributed by atoms with Gasteiger partial charge >= 0.3 is 6.01 Å². The zero-order valence-electron chi connectivity index (χ0n) is 21.1. The van der Waals surface area contributed by atoms with Crippen LogP contribution in [0.25, 0.3) is 22.6 Å². The average molecular weight is 528 g/mol. The number of nitrogens with zero attached hydrogens (tertiary/aromatic N) is 4. The van der Waals surface area contributed by atoms with E-state index in [1.807, 2.05) is 6.92 Å². The summed E-state index contributed by atoms with van der Waals surface area (Å²) < 4.78 is 36.5. The van der Waals surface area contributed by atoms with E-state index >= 15 is 0 Å². The van der Waals surface area contributed by atoms with Crippen molar-refractivity contribution in [2.75, 3.05) is 52.7 Å². The van der Waals surface area contributed by atoms with Crippen molar-refractivity contribution < 1.29 is 33.2 Å². The third kappa shape index (κ3) is 5.68. The van der Waals surface area contributed by atoms with Gasteiger partial charge in [-0.15, -0.1) is 0 Å². The number of aliphatic hydroxyl groups excluding tert-OH is 1. The number of imidazole rings is 1. The third-order valence-corrected chi connectivity index (χ3v) is 6.41. The van der Waals surface area contributed by atoms with Crippen molar-refractivity contribution in [3.63, 3.8) is 0 Å². The fourth-order valence-electron chi connectivity index (χ4n) is 4.32. The van der Waals surface area contributed by atoms with Crippen LogP contribution in [-0.4, -0.2) is 88.6 Å². The lowest BCUT2D eigenvalue weighted by atomic mass is 9.90. The van der Waals surface area contributed by atoms with Gasteiger partial charge in [-0.25, -0.2) is 14.4 Å². The number of rotatable bonds is 8. The Kier molecular flexibility index (Phi) is 7.93. The number of halogens is 1. The van der Waals surface area contributed by atoms with Gasteiger partial charge in [-0.2, -0.15) is 4.98 Å². The van der Waals surface area contributed by atoms with E-state index in [0.717, 1.165) is 0 Å². The maximum Gasteiger partial charge on any atom is 0.316 e. The van der Waals surface area contributed by atoms with Crippen molar-refractivity contribution in [3.05, 3.63) is 48.2 Å². The fourth-order valence-corrected chi connectivity index (χ4v) is 4.32. The highest BCUT2D eigenvalue weighted by atomic mass is 19.1. The molecular weight excluding hydrogens is 497 g/mol. The van der Waals surface area contributed by atoms with E-state index in [9.17, 15) is 9.18 Å². The van der Waals surface area contributed by atoms with Crippen LogP contribution in [0.15, 0.2) is 36.5 Å². The molecule has 2 N–H and O–H groups in total. The summed E-state index contributed by atoms with van der Waals surface area (Å²) >= 11 is 0. The molecule has 202 valence electrons. The molecule has 0 unspecified atom stereocenters. The lowest BCUT2D eigenvalue weighted by Gasteiger charge is -2.39. The summed E-state index contributed by atoms with van der Waals surface area (Å²) in [7, 11) is 0. The second-order valence-electron chi connectivity index (χ2n) is 9.42. The first-order chi connectivity index (χ1) is 18.5. The first-order valence-electron chi connectivity index (χ1n) is 12.5.